The lowest BCUT2D eigenvalue weighted by molar-refractivity contribution is -0.133. The fourth-order valence-corrected chi connectivity index (χ4v) is 2.86. The number of rotatable bonds is 7. The van der Waals surface area contributed by atoms with Gasteiger partial charge in [0.1, 0.15) is 5.60 Å². The molecule has 0 bridgehead atoms. The Bertz CT molecular complexity index is 724. The first-order valence-electron chi connectivity index (χ1n) is 10.1. The number of carbonyl (C=O) groups is 3. The third-order valence-electron chi connectivity index (χ3n) is 4.34. The van der Waals surface area contributed by atoms with Crippen molar-refractivity contribution in [3.05, 3.63) is 24.3 Å². The molecule has 166 valence electrons. The molecule has 1 saturated heterocycles. The minimum atomic E-state index is -0.594. The van der Waals surface area contributed by atoms with E-state index >= 15 is 0 Å². The van der Waals surface area contributed by atoms with E-state index in [4.69, 9.17) is 9.47 Å². The van der Waals surface area contributed by atoms with E-state index in [1.807, 2.05) is 24.3 Å². The number of carbonyl (C=O) groups excluding carboxylic acids is 3. The summed E-state index contributed by atoms with van der Waals surface area (Å²) < 4.78 is 10.5. The molecule has 1 aliphatic rings. The number of likely N-dealkylation sites (N-methyl/N-ethyl adjacent to an activating group) is 1. The van der Waals surface area contributed by atoms with Gasteiger partial charge in [-0.1, -0.05) is 0 Å². The second kappa shape index (κ2) is 10.8. The highest BCUT2D eigenvalue weighted by Gasteiger charge is 2.17. The predicted molar refractivity (Wildman–Crippen MR) is 115 cm³/mol. The van der Waals surface area contributed by atoms with Crippen molar-refractivity contribution in [3.8, 4) is 0 Å². The van der Waals surface area contributed by atoms with Gasteiger partial charge in [-0.15, -0.1) is 0 Å². The van der Waals surface area contributed by atoms with Gasteiger partial charge >= 0.3 is 6.09 Å². The Hall–Kier alpha value is -2.81. The first-order valence-corrected chi connectivity index (χ1v) is 10.1. The second-order valence-corrected chi connectivity index (χ2v) is 8.12. The summed E-state index contributed by atoms with van der Waals surface area (Å²) in [7, 11) is 1.55. The molecule has 0 spiro atoms. The molecule has 3 amide bonds. The SMILES string of the molecule is CN(CC(=O)Nc1ccc(N2CCOCC2)cc1)C(=O)CCNC(=O)OC(C)(C)C. The largest absolute Gasteiger partial charge is 0.444 e. The Morgan fingerprint density at radius 1 is 1.13 bits per heavy atom. The summed E-state index contributed by atoms with van der Waals surface area (Å²) in [5.41, 5.74) is 1.16. The van der Waals surface area contributed by atoms with Gasteiger partial charge in [0.15, 0.2) is 0 Å². The number of nitrogens with zero attached hydrogens (tertiary/aromatic N) is 2. The summed E-state index contributed by atoms with van der Waals surface area (Å²) in [4.78, 5) is 39.5. The summed E-state index contributed by atoms with van der Waals surface area (Å²) in [6.45, 7) is 8.49. The Morgan fingerprint density at radius 3 is 2.37 bits per heavy atom. The van der Waals surface area contributed by atoms with Crippen LogP contribution in [0.15, 0.2) is 24.3 Å². The van der Waals surface area contributed by atoms with Crippen molar-refractivity contribution in [2.24, 2.45) is 0 Å². The fourth-order valence-electron chi connectivity index (χ4n) is 2.86. The van der Waals surface area contributed by atoms with E-state index < -0.39 is 11.7 Å². The standard InChI is InChI=1S/C21H32N4O5/c1-21(2,3)30-20(28)22-10-9-19(27)24(4)15-18(26)23-16-5-7-17(8-6-16)25-11-13-29-14-12-25/h5-8H,9-15H2,1-4H3,(H,22,28)(H,23,26). The zero-order valence-corrected chi connectivity index (χ0v) is 18.2. The first-order chi connectivity index (χ1) is 14.1. The number of nitrogens with one attached hydrogen (secondary N) is 2. The Labute approximate surface area is 177 Å². The zero-order valence-electron chi connectivity index (χ0n) is 18.2. The summed E-state index contributed by atoms with van der Waals surface area (Å²) >= 11 is 0. The summed E-state index contributed by atoms with van der Waals surface area (Å²) in [6, 6.07) is 7.60. The molecule has 1 fully saturated rings. The number of ether oxygens (including phenoxy) is 2. The van der Waals surface area contributed by atoms with Gasteiger partial charge in [0.2, 0.25) is 11.8 Å². The lowest BCUT2D eigenvalue weighted by Crippen LogP contribution is -2.38. The molecule has 1 aromatic rings. The smallest absolute Gasteiger partial charge is 0.407 e. The van der Waals surface area contributed by atoms with Gasteiger partial charge in [-0.05, 0) is 45.0 Å². The number of alkyl carbamates (subject to hydrolysis) is 1. The van der Waals surface area contributed by atoms with Crippen molar-refractivity contribution >= 4 is 29.3 Å². The van der Waals surface area contributed by atoms with Gasteiger partial charge in [0, 0.05) is 44.5 Å². The third-order valence-corrected chi connectivity index (χ3v) is 4.34. The number of anilines is 2. The minimum absolute atomic E-state index is 0.0729. The molecule has 30 heavy (non-hydrogen) atoms. The van der Waals surface area contributed by atoms with Crippen molar-refractivity contribution in [3.63, 3.8) is 0 Å². The zero-order chi connectivity index (χ0) is 22.1. The van der Waals surface area contributed by atoms with Gasteiger partial charge in [-0.2, -0.15) is 0 Å². The first kappa shape index (κ1) is 23.5. The lowest BCUT2D eigenvalue weighted by Gasteiger charge is -2.28. The molecule has 2 N–H and O–H groups in total. The van der Waals surface area contributed by atoms with Crippen molar-refractivity contribution in [1.29, 1.82) is 0 Å². The van der Waals surface area contributed by atoms with Crippen LogP contribution in [0.3, 0.4) is 0 Å². The third kappa shape index (κ3) is 8.28. The van der Waals surface area contributed by atoms with Crippen LogP contribution >= 0.6 is 0 Å². The summed E-state index contributed by atoms with van der Waals surface area (Å²) in [5.74, 6) is -0.533. The quantitative estimate of drug-likeness (QED) is 0.698. The van der Waals surface area contributed by atoms with E-state index in [0.717, 1.165) is 18.8 Å². The normalized spacial score (nSPS) is 14.1. The minimum Gasteiger partial charge on any atom is -0.444 e. The van der Waals surface area contributed by atoms with Crippen LogP contribution < -0.4 is 15.5 Å². The van der Waals surface area contributed by atoms with Crippen LogP contribution in [0.25, 0.3) is 0 Å². The number of morpholine rings is 1. The maximum absolute atomic E-state index is 12.2. The second-order valence-electron chi connectivity index (χ2n) is 8.12. The van der Waals surface area contributed by atoms with E-state index in [1.165, 1.54) is 4.90 Å². The number of amides is 3. The maximum atomic E-state index is 12.2. The molecule has 9 heteroatoms. The topological polar surface area (TPSA) is 100 Å². The Balaban J connectivity index is 1.71. The van der Waals surface area contributed by atoms with E-state index in [2.05, 4.69) is 15.5 Å². The molecule has 1 heterocycles. The monoisotopic (exact) mass is 420 g/mol. The number of hydrogen-bond acceptors (Lipinski definition) is 6. The van der Waals surface area contributed by atoms with Crippen molar-refractivity contribution in [2.75, 3.05) is 56.7 Å². The molecular weight excluding hydrogens is 388 g/mol. The van der Waals surface area contributed by atoms with Crippen LogP contribution in [0.5, 0.6) is 0 Å². The average molecular weight is 421 g/mol. The van der Waals surface area contributed by atoms with Crippen molar-refractivity contribution < 1.29 is 23.9 Å². The summed E-state index contributed by atoms with van der Waals surface area (Å²) in [6.07, 6.45) is -0.492. The van der Waals surface area contributed by atoms with Gasteiger partial charge in [-0.25, -0.2) is 4.79 Å². The van der Waals surface area contributed by atoms with E-state index in [9.17, 15) is 14.4 Å². The van der Waals surface area contributed by atoms with Crippen LogP contribution in [0.4, 0.5) is 16.2 Å². The maximum Gasteiger partial charge on any atom is 0.407 e. The molecule has 0 atom stereocenters. The van der Waals surface area contributed by atoms with Crippen LogP contribution in [0.2, 0.25) is 0 Å². The molecule has 0 saturated carbocycles. The van der Waals surface area contributed by atoms with Crippen molar-refractivity contribution in [1.82, 2.24) is 10.2 Å². The van der Waals surface area contributed by atoms with Gasteiger partial charge in [0.25, 0.3) is 0 Å². The molecule has 0 unspecified atom stereocenters. The van der Waals surface area contributed by atoms with E-state index in [1.54, 1.807) is 27.8 Å². The number of hydrogen-bond donors (Lipinski definition) is 2. The van der Waals surface area contributed by atoms with E-state index in [0.29, 0.717) is 18.9 Å². The Morgan fingerprint density at radius 2 is 1.77 bits per heavy atom. The predicted octanol–water partition coefficient (Wildman–Crippen LogP) is 1.83. The highest BCUT2D eigenvalue weighted by Crippen LogP contribution is 2.19. The van der Waals surface area contributed by atoms with Gasteiger partial charge in [-0.3, -0.25) is 9.59 Å². The van der Waals surface area contributed by atoms with Crippen molar-refractivity contribution in [2.45, 2.75) is 32.8 Å². The Kier molecular flexibility index (Phi) is 8.46. The number of benzene rings is 1. The van der Waals surface area contributed by atoms with Crippen LogP contribution in [0, 0.1) is 0 Å². The summed E-state index contributed by atoms with van der Waals surface area (Å²) in [5, 5.41) is 5.32. The molecule has 0 aromatic heterocycles. The average Bonchev–Trinajstić information content (AvgIpc) is 2.67. The van der Waals surface area contributed by atoms with E-state index in [-0.39, 0.29) is 31.3 Å². The molecular formula is C21H32N4O5. The molecule has 9 nitrogen and oxygen atoms in total. The van der Waals surface area contributed by atoms with Crippen LogP contribution in [-0.4, -0.2) is 74.8 Å². The van der Waals surface area contributed by atoms with Crippen LogP contribution in [0.1, 0.15) is 27.2 Å². The molecule has 0 aliphatic carbocycles. The highest BCUT2D eigenvalue weighted by molar-refractivity contribution is 5.94. The van der Waals surface area contributed by atoms with Gasteiger partial charge < -0.3 is 29.9 Å². The molecule has 1 aromatic carbocycles. The molecule has 1 aliphatic heterocycles. The van der Waals surface area contributed by atoms with Crippen LogP contribution in [-0.2, 0) is 19.1 Å². The molecule has 2 rings (SSSR count). The highest BCUT2D eigenvalue weighted by atomic mass is 16.6. The fraction of sp³-hybridized carbons (Fsp3) is 0.571. The van der Waals surface area contributed by atoms with Gasteiger partial charge in [0.05, 0.1) is 19.8 Å². The molecule has 0 radical (unpaired) electrons. The lowest BCUT2D eigenvalue weighted by atomic mass is 10.2.